The average molecular weight is 380 g/mol. The van der Waals surface area contributed by atoms with Crippen LogP contribution in [0.2, 0.25) is 0 Å². The third-order valence-corrected chi connectivity index (χ3v) is 4.14. The number of carbonyl (C=O) groups is 1. The van der Waals surface area contributed by atoms with Gasteiger partial charge in [0.2, 0.25) is 0 Å². The molecule has 0 aliphatic rings. The molecule has 0 atom stereocenters. The first-order chi connectivity index (χ1) is 13.7. The van der Waals surface area contributed by atoms with Crippen molar-refractivity contribution >= 4 is 11.7 Å². The predicted octanol–water partition coefficient (Wildman–Crippen LogP) is 3.21. The molecule has 0 unspecified atom stereocenters. The molecule has 0 radical (unpaired) electrons. The number of nitrogens with zero attached hydrogens (tertiary/aromatic N) is 2. The van der Waals surface area contributed by atoms with Crippen molar-refractivity contribution in [2.45, 2.75) is 13.0 Å². The van der Waals surface area contributed by atoms with E-state index in [1.165, 1.54) is 24.5 Å². The van der Waals surface area contributed by atoms with Crippen LogP contribution in [-0.2, 0) is 13.0 Å². The Kier molecular flexibility index (Phi) is 6.51. The van der Waals surface area contributed by atoms with Crippen molar-refractivity contribution in [1.29, 1.82) is 0 Å². The molecule has 6 nitrogen and oxygen atoms in total. The number of methoxy groups -OCH3 is 1. The van der Waals surface area contributed by atoms with Crippen LogP contribution in [0.25, 0.3) is 0 Å². The average Bonchev–Trinajstić information content (AvgIpc) is 2.74. The summed E-state index contributed by atoms with van der Waals surface area (Å²) in [6.07, 6.45) is 3.57. The van der Waals surface area contributed by atoms with Crippen molar-refractivity contribution in [3.8, 4) is 5.75 Å². The number of ether oxygens (including phenoxy) is 1. The summed E-state index contributed by atoms with van der Waals surface area (Å²) in [5.74, 6) is 0.778. The Morgan fingerprint density at radius 3 is 2.57 bits per heavy atom. The first kappa shape index (κ1) is 19.3. The van der Waals surface area contributed by atoms with E-state index in [1.807, 2.05) is 24.3 Å². The highest BCUT2D eigenvalue weighted by atomic mass is 19.1. The fourth-order valence-corrected chi connectivity index (χ4v) is 2.64. The van der Waals surface area contributed by atoms with Gasteiger partial charge in [-0.2, -0.15) is 0 Å². The topological polar surface area (TPSA) is 76.1 Å². The van der Waals surface area contributed by atoms with E-state index in [4.69, 9.17) is 4.74 Å². The van der Waals surface area contributed by atoms with Crippen molar-refractivity contribution in [1.82, 2.24) is 15.3 Å². The third kappa shape index (κ3) is 5.26. The zero-order valence-electron chi connectivity index (χ0n) is 15.5. The first-order valence-electron chi connectivity index (χ1n) is 8.86. The van der Waals surface area contributed by atoms with Crippen molar-refractivity contribution in [3.63, 3.8) is 0 Å². The Labute approximate surface area is 162 Å². The maximum Gasteiger partial charge on any atom is 0.271 e. The minimum absolute atomic E-state index is 0.243. The van der Waals surface area contributed by atoms with Crippen LogP contribution in [-0.4, -0.2) is 29.5 Å². The molecule has 0 fully saturated rings. The van der Waals surface area contributed by atoms with Crippen LogP contribution in [0.15, 0.2) is 60.9 Å². The largest absolute Gasteiger partial charge is 0.496 e. The van der Waals surface area contributed by atoms with Gasteiger partial charge in [0.1, 0.15) is 23.1 Å². The van der Waals surface area contributed by atoms with E-state index in [1.54, 1.807) is 19.2 Å². The second-order valence-electron chi connectivity index (χ2n) is 6.08. The lowest BCUT2D eigenvalue weighted by Crippen LogP contribution is -2.26. The van der Waals surface area contributed by atoms with E-state index in [0.717, 1.165) is 16.9 Å². The normalized spacial score (nSPS) is 10.4. The lowest BCUT2D eigenvalue weighted by atomic mass is 10.1. The Morgan fingerprint density at radius 1 is 1.07 bits per heavy atom. The smallest absolute Gasteiger partial charge is 0.271 e. The molecule has 2 N–H and O–H groups in total. The monoisotopic (exact) mass is 380 g/mol. The molecule has 144 valence electrons. The Hall–Kier alpha value is -3.48. The molecule has 28 heavy (non-hydrogen) atoms. The van der Waals surface area contributed by atoms with Crippen molar-refractivity contribution in [3.05, 3.63) is 83.6 Å². The van der Waals surface area contributed by atoms with Gasteiger partial charge >= 0.3 is 0 Å². The van der Waals surface area contributed by atoms with E-state index < -0.39 is 0 Å². The molecular weight excluding hydrogens is 359 g/mol. The summed E-state index contributed by atoms with van der Waals surface area (Å²) in [7, 11) is 1.62. The number of hydrogen-bond acceptors (Lipinski definition) is 5. The van der Waals surface area contributed by atoms with Gasteiger partial charge in [-0.15, -0.1) is 0 Å². The van der Waals surface area contributed by atoms with E-state index >= 15 is 0 Å². The van der Waals surface area contributed by atoms with Gasteiger partial charge in [0.25, 0.3) is 5.91 Å². The molecular formula is C21H21FN4O2. The van der Waals surface area contributed by atoms with Crippen LogP contribution in [0.4, 0.5) is 10.2 Å². The summed E-state index contributed by atoms with van der Waals surface area (Å²) in [5.41, 5.74) is 2.19. The summed E-state index contributed by atoms with van der Waals surface area (Å²) in [4.78, 5) is 20.6. The van der Waals surface area contributed by atoms with Gasteiger partial charge in [-0.3, -0.25) is 4.79 Å². The molecule has 0 saturated carbocycles. The zero-order valence-corrected chi connectivity index (χ0v) is 15.5. The lowest BCUT2D eigenvalue weighted by Gasteiger charge is -2.09. The molecule has 0 saturated heterocycles. The van der Waals surface area contributed by atoms with Crippen molar-refractivity contribution in [2.75, 3.05) is 19.0 Å². The number of carbonyl (C=O) groups excluding carboxylic acids is 1. The fraction of sp³-hybridized carbons (Fsp3) is 0.190. The van der Waals surface area contributed by atoms with Gasteiger partial charge in [-0.25, -0.2) is 14.4 Å². The number of nitrogens with one attached hydrogen (secondary N) is 2. The molecule has 0 spiro atoms. The third-order valence-electron chi connectivity index (χ3n) is 4.14. The number of hydrogen-bond donors (Lipinski definition) is 2. The van der Waals surface area contributed by atoms with Crippen LogP contribution >= 0.6 is 0 Å². The molecule has 7 heteroatoms. The number of benzene rings is 2. The van der Waals surface area contributed by atoms with Gasteiger partial charge in [0, 0.05) is 13.1 Å². The maximum absolute atomic E-state index is 12.9. The molecule has 0 bridgehead atoms. The summed E-state index contributed by atoms with van der Waals surface area (Å²) >= 11 is 0. The van der Waals surface area contributed by atoms with E-state index in [2.05, 4.69) is 20.6 Å². The van der Waals surface area contributed by atoms with E-state index in [0.29, 0.717) is 25.3 Å². The Morgan fingerprint density at radius 2 is 1.86 bits per heavy atom. The van der Waals surface area contributed by atoms with Crippen LogP contribution in [0, 0.1) is 5.82 Å². The van der Waals surface area contributed by atoms with Gasteiger partial charge in [0.05, 0.1) is 19.5 Å². The molecule has 1 aromatic heterocycles. The lowest BCUT2D eigenvalue weighted by molar-refractivity contribution is 0.0948. The number of amides is 1. The molecule has 0 aliphatic carbocycles. The van der Waals surface area contributed by atoms with Crippen LogP contribution < -0.4 is 15.4 Å². The van der Waals surface area contributed by atoms with Crippen LogP contribution in [0.5, 0.6) is 5.75 Å². The molecule has 2 aromatic carbocycles. The highest BCUT2D eigenvalue weighted by Crippen LogP contribution is 2.17. The Balaban J connectivity index is 1.48. The van der Waals surface area contributed by atoms with Crippen molar-refractivity contribution < 1.29 is 13.9 Å². The van der Waals surface area contributed by atoms with Gasteiger partial charge in [0.15, 0.2) is 0 Å². The van der Waals surface area contributed by atoms with E-state index in [9.17, 15) is 9.18 Å². The quantitative estimate of drug-likeness (QED) is 0.628. The standard InChI is InChI=1S/C21H21FN4O2/c1-28-19-5-3-2-4-16(19)10-11-23-21(27)18-13-26-20(14-24-18)25-12-15-6-8-17(22)9-7-15/h2-9,13-14H,10-12H2,1H3,(H,23,27)(H,25,26). The number of para-hydroxylation sites is 1. The summed E-state index contributed by atoms with van der Waals surface area (Å²) in [6, 6.07) is 13.9. The summed E-state index contributed by atoms with van der Waals surface area (Å²) in [5, 5.41) is 5.91. The van der Waals surface area contributed by atoms with Gasteiger partial charge < -0.3 is 15.4 Å². The molecule has 1 amide bonds. The number of halogens is 1. The minimum atomic E-state index is -0.285. The second-order valence-corrected chi connectivity index (χ2v) is 6.08. The summed E-state index contributed by atoms with van der Waals surface area (Å²) < 4.78 is 18.2. The summed E-state index contributed by atoms with van der Waals surface area (Å²) in [6.45, 7) is 0.949. The van der Waals surface area contributed by atoms with Crippen molar-refractivity contribution in [2.24, 2.45) is 0 Å². The SMILES string of the molecule is COc1ccccc1CCNC(=O)c1cnc(NCc2ccc(F)cc2)cn1. The van der Waals surface area contributed by atoms with E-state index in [-0.39, 0.29) is 17.4 Å². The van der Waals surface area contributed by atoms with Crippen LogP contribution in [0.3, 0.4) is 0 Å². The molecule has 1 heterocycles. The van der Waals surface area contributed by atoms with Gasteiger partial charge in [-0.05, 0) is 35.7 Å². The molecule has 0 aliphatic heterocycles. The molecule has 3 rings (SSSR count). The fourth-order valence-electron chi connectivity index (χ4n) is 2.64. The van der Waals surface area contributed by atoms with Crippen LogP contribution in [0.1, 0.15) is 21.6 Å². The number of anilines is 1. The minimum Gasteiger partial charge on any atom is -0.496 e. The number of aromatic nitrogens is 2. The highest BCUT2D eigenvalue weighted by molar-refractivity contribution is 5.92. The maximum atomic E-state index is 12.9. The molecule has 3 aromatic rings. The van der Waals surface area contributed by atoms with Gasteiger partial charge in [-0.1, -0.05) is 30.3 Å². The second kappa shape index (κ2) is 9.45. The zero-order chi connectivity index (χ0) is 19.8. The number of rotatable bonds is 8. The first-order valence-corrected chi connectivity index (χ1v) is 8.86. The predicted molar refractivity (Wildman–Crippen MR) is 105 cm³/mol. The highest BCUT2D eigenvalue weighted by Gasteiger charge is 2.08. The Bertz CT molecular complexity index is 914.